The SMILES string of the molecule is CCC(=O)N1CCc2cc(N3CC(C(=O)NCc4ccncc4)CC3=O)ccc21. The summed E-state index contributed by atoms with van der Waals surface area (Å²) >= 11 is 0. The van der Waals surface area contributed by atoms with Crippen molar-refractivity contribution in [3.8, 4) is 0 Å². The van der Waals surface area contributed by atoms with E-state index in [0.29, 0.717) is 26.1 Å². The van der Waals surface area contributed by atoms with Crippen molar-refractivity contribution in [1.29, 1.82) is 0 Å². The maximum absolute atomic E-state index is 12.6. The van der Waals surface area contributed by atoms with Crippen LogP contribution in [0.15, 0.2) is 42.7 Å². The molecule has 2 aliphatic rings. The van der Waals surface area contributed by atoms with E-state index in [0.717, 1.165) is 28.9 Å². The molecule has 7 nitrogen and oxygen atoms in total. The van der Waals surface area contributed by atoms with Gasteiger partial charge < -0.3 is 15.1 Å². The maximum Gasteiger partial charge on any atom is 0.227 e. The molecule has 1 unspecified atom stereocenters. The fraction of sp³-hybridized carbons (Fsp3) is 0.364. The Morgan fingerprint density at radius 2 is 2.00 bits per heavy atom. The highest BCUT2D eigenvalue weighted by atomic mass is 16.2. The number of benzene rings is 1. The van der Waals surface area contributed by atoms with Gasteiger partial charge in [0.2, 0.25) is 17.7 Å². The summed E-state index contributed by atoms with van der Waals surface area (Å²) in [4.78, 5) is 44.6. The van der Waals surface area contributed by atoms with E-state index in [1.54, 1.807) is 22.2 Å². The Balaban J connectivity index is 1.42. The van der Waals surface area contributed by atoms with Crippen LogP contribution in [0.25, 0.3) is 0 Å². The highest BCUT2D eigenvalue weighted by Crippen LogP contribution is 2.34. The lowest BCUT2D eigenvalue weighted by molar-refractivity contribution is -0.126. The number of hydrogen-bond donors (Lipinski definition) is 1. The summed E-state index contributed by atoms with van der Waals surface area (Å²) in [5, 5.41) is 2.91. The van der Waals surface area contributed by atoms with Gasteiger partial charge in [-0.25, -0.2) is 0 Å². The zero-order valence-corrected chi connectivity index (χ0v) is 16.4. The molecule has 1 aromatic carbocycles. The molecule has 7 heteroatoms. The van der Waals surface area contributed by atoms with Gasteiger partial charge in [0.25, 0.3) is 0 Å². The fourth-order valence-electron chi connectivity index (χ4n) is 3.97. The molecule has 150 valence electrons. The molecule has 1 N–H and O–H groups in total. The first-order valence-electron chi connectivity index (χ1n) is 9.97. The number of nitrogens with zero attached hydrogens (tertiary/aromatic N) is 3. The first-order chi connectivity index (χ1) is 14.1. The van der Waals surface area contributed by atoms with Crippen LogP contribution >= 0.6 is 0 Å². The van der Waals surface area contributed by atoms with Crippen LogP contribution in [0.5, 0.6) is 0 Å². The molecule has 0 bridgehead atoms. The van der Waals surface area contributed by atoms with E-state index in [1.165, 1.54) is 0 Å². The highest BCUT2D eigenvalue weighted by molar-refractivity contribution is 6.01. The number of rotatable bonds is 5. The molecule has 0 spiro atoms. The van der Waals surface area contributed by atoms with E-state index < -0.39 is 0 Å². The average molecular weight is 392 g/mol. The minimum absolute atomic E-state index is 0.0477. The van der Waals surface area contributed by atoms with Crippen molar-refractivity contribution in [2.24, 2.45) is 5.92 Å². The molecule has 4 rings (SSSR count). The number of carbonyl (C=O) groups excluding carboxylic acids is 3. The number of hydrogen-bond acceptors (Lipinski definition) is 4. The number of nitrogens with one attached hydrogen (secondary N) is 1. The Bertz CT molecular complexity index is 944. The normalized spacial score (nSPS) is 18.1. The van der Waals surface area contributed by atoms with E-state index in [4.69, 9.17) is 0 Å². The van der Waals surface area contributed by atoms with Crippen LogP contribution in [0.4, 0.5) is 11.4 Å². The molecule has 3 heterocycles. The molecule has 0 radical (unpaired) electrons. The molecular formula is C22H24N4O3. The Kier molecular flexibility index (Phi) is 5.29. The highest BCUT2D eigenvalue weighted by Gasteiger charge is 2.35. The van der Waals surface area contributed by atoms with E-state index in [9.17, 15) is 14.4 Å². The van der Waals surface area contributed by atoms with Crippen LogP contribution in [-0.2, 0) is 27.3 Å². The minimum Gasteiger partial charge on any atom is -0.352 e. The van der Waals surface area contributed by atoms with Gasteiger partial charge in [0, 0.05) is 56.2 Å². The van der Waals surface area contributed by atoms with Crippen LogP contribution in [0, 0.1) is 5.92 Å². The number of carbonyl (C=O) groups is 3. The fourth-order valence-corrected chi connectivity index (χ4v) is 3.97. The Morgan fingerprint density at radius 1 is 1.21 bits per heavy atom. The second-order valence-corrected chi connectivity index (χ2v) is 7.44. The van der Waals surface area contributed by atoms with Gasteiger partial charge in [-0.15, -0.1) is 0 Å². The quantitative estimate of drug-likeness (QED) is 0.844. The van der Waals surface area contributed by atoms with Gasteiger partial charge in [-0.3, -0.25) is 19.4 Å². The van der Waals surface area contributed by atoms with E-state index in [1.807, 2.05) is 37.3 Å². The zero-order valence-electron chi connectivity index (χ0n) is 16.4. The van der Waals surface area contributed by atoms with Crippen LogP contribution in [0.1, 0.15) is 30.9 Å². The predicted octanol–water partition coefficient (Wildman–Crippen LogP) is 2.05. The zero-order chi connectivity index (χ0) is 20.4. The maximum atomic E-state index is 12.6. The monoisotopic (exact) mass is 392 g/mol. The third kappa shape index (κ3) is 3.85. The van der Waals surface area contributed by atoms with Crippen molar-refractivity contribution >= 4 is 29.1 Å². The van der Waals surface area contributed by atoms with Gasteiger partial charge in [0.1, 0.15) is 0 Å². The van der Waals surface area contributed by atoms with Crippen molar-refractivity contribution in [1.82, 2.24) is 10.3 Å². The molecule has 2 aliphatic heterocycles. The average Bonchev–Trinajstić information content (AvgIpc) is 3.35. The largest absolute Gasteiger partial charge is 0.352 e. The number of fused-ring (bicyclic) bond motifs is 1. The van der Waals surface area contributed by atoms with Crippen molar-refractivity contribution in [3.63, 3.8) is 0 Å². The van der Waals surface area contributed by atoms with Crippen molar-refractivity contribution in [2.45, 2.75) is 32.7 Å². The lowest BCUT2D eigenvalue weighted by atomic mass is 10.1. The summed E-state index contributed by atoms with van der Waals surface area (Å²) in [6.07, 6.45) is 4.84. The molecule has 0 aliphatic carbocycles. The Hall–Kier alpha value is -3.22. The van der Waals surface area contributed by atoms with Gasteiger partial charge in [-0.05, 0) is 47.9 Å². The number of aromatic nitrogens is 1. The van der Waals surface area contributed by atoms with Gasteiger partial charge >= 0.3 is 0 Å². The van der Waals surface area contributed by atoms with Gasteiger partial charge in [0.05, 0.1) is 5.92 Å². The van der Waals surface area contributed by atoms with E-state index >= 15 is 0 Å². The standard InChI is InChI=1S/C22H24N4O3/c1-2-20(27)25-10-7-16-11-18(3-4-19(16)25)26-14-17(12-21(26)28)22(29)24-13-15-5-8-23-9-6-15/h3-6,8-9,11,17H,2,7,10,12-14H2,1H3,(H,24,29). The smallest absolute Gasteiger partial charge is 0.227 e. The van der Waals surface area contributed by atoms with Gasteiger partial charge in [-0.1, -0.05) is 6.92 Å². The topological polar surface area (TPSA) is 82.6 Å². The predicted molar refractivity (Wildman–Crippen MR) is 109 cm³/mol. The Morgan fingerprint density at radius 3 is 2.76 bits per heavy atom. The summed E-state index contributed by atoms with van der Waals surface area (Å²) in [6, 6.07) is 9.46. The second-order valence-electron chi connectivity index (χ2n) is 7.44. The summed E-state index contributed by atoms with van der Waals surface area (Å²) in [6.45, 7) is 3.33. The number of pyridine rings is 1. The van der Waals surface area contributed by atoms with Crippen molar-refractivity contribution < 1.29 is 14.4 Å². The summed E-state index contributed by atoms with van der Waals surface area (Å²) in [7, 11) is 0. The van der Waals surface area contributed by atoms with Crippen molar-refractivity contribution in [2.75, 3.05) is 22.9 Å². The van der Waals surface area contributed by atoms with Gasteiger partial charge in [0.15, 0.2) is 0 Å². The summed E-state index contributed by atoms with van der Waals surface area (Å²) in [5.74, 6) is -0.414. The van der Waals surface area contributed by atoms with Crippen LogP contribution in [-0.4, -0.2) is 35.8 Å². The second kappa shape index (κ2) is 8.03. The molecule has 3 amide bonds. The molecule has 1 fully saturated rings. The Labute approximate surface area is 169 Å². The first-order valence-corrected chi connectivity index (χ1v) is 9.97. The van der Waals surface area contributed by atoms with Crippen LogP contribution in [0.3, 0.4) is 0 Å². The molecule has 29 heavy (non-hydrogen) atoms. The summed E-state index contributed by atoms with van der Waals surface area (Å²) < 4.78 is 0. The summed E-state index contributed by atoms with van der Waals surface area (Å²) in [5.41, 5.74) is 3.77. The lowest BCUT2D eigenvalue weighted by Gasteiger charge is -2.20. The minimum atomic E-state index is -0.365. The third-order valence-corrected chi connectivity index (χ3v) is 5.59. The molecule has 1 saturated heterocycles. The molecular weight excluding hydrogens is 368 g/mol. The first kappa shape index (κ1) is 19.1. The molecule has 1 atom stereocenters. The van der Waals surface area contributed by atoms with Crippen molar-refractivity contribution in [3.05, 3.63) is 53.9 Å². The van der Waals surface area contributed by atoms with Crippen LogP contribution in [0.2, 0.25) is 0 Å². The third-order valence-electron chi connectivity index (χ3n) is 5.59. The number of amides is 3. The van der Waals surface area contributed by atoms with E-state index in [-0.39, 0.29) is 30.1 Å². The van der Waals surface area contributed by atoms with Crippen LogP contribution < -0.4 is 15.1 Å². The molecule has 0 saturated carbocycles. The van der Waals surface area contributed by atoms with Gasteiger partial charge in [-0.2, -0.15) is 0 Å². The van der Waals surface area contributed by atoms with E-state index in [2.05, 4.69) is 10.3 Å². The molecule has 2 aromatic rings. The number of anilines is 2. The molecule has 1 aromatic heterocycles. The lowest BCUT2D eigenvalue weighted by Crippen LogP contribution is -2.32.